The molecule has 0 spiro atoms. The van der Waals surface area contributed by atoms with Gasteiger partial charge in [-0.05, 0) is 98.6 Å². The Morgan fingerprint density at radius 2 is 0.967 bits per heavy atom. The van der Waals surface area contributed by atoms with E-state index in [1.807, 2.05) is 0 Å². The van der Waals surface area contributed by atoms with Crippen molar-refractivity contribution in [2.24, 2.45) is 0 Å². The summed E-state index contributed by atoms with van der Waals surface area (Å²) in [6.45, 7) is 4.72. The first-order chi connectivity index (χ1) is 30.0. The van der Waals surface area contributed by atoms with E-state index in [0.717, 1.165) is 44.5 Å². The van der Waals surface area contributed by atoms with Gasteiger partial charge in [0.2, 0.25) is 0 Å². The summed E-state index contributed by atoms with van der Waals surface area (Å²) >= 11 is 0. The van der Waals surface area contributed by atoms with Gasteiger partial charge < -0.3 is 13.9 Å². The molecular formula is C58H40N2O. The summed E-state index contributed by atoms with van der Waals surface area (Å²) < 4.78 is 9.21. The number of rotatable bonds is 5. The van der Waals surface area contributed by atoms with Gasteiger partial charge >= 0.3 is 0 Å². The Hall–Kier alpha value is -7.62. The molecule has 2 heterocycles. The van der Waals surface area contributed by atoms with E-state index in [9.17, 15) is 0 Å². The van der Waals surface area contributed by atoms with Crippen LogP contribution >= 0.6 is 0 Å². The molecule has 61 heavy (non-hydrogen) atoms. The number of benzene rings is 9. The quantitative estimate of drug-likeness (QED) is 0.173. The third-order valence-electron chi connectivity index (χ3n) is 13.8. The number of hydrogen-bond acceptors (Lipinski definition) is 2. The SMILES string of the molecule is CC1(C)c2ccccc2-c2ccc(N(c3ccc4c5ccccc5n(C5(c6ccccc6)c6ccccc6-c6ccccc65)c4c3)c3cccc4oc5ccccc5c34)cc21. The molecule has 0 saturated heterocycles. The Balaban J connectivity index is 1.15. The van der Waals surface area contributed by atoms with Gasteiger partial charge in [-0.2, -0.15) is 0 Å². The fraction of sp³-hybridized carbons (Fsp3) is 0.0690. The first-order valence-corrected chi connectivity index (χ1v) is 21.3. The van der Waals surface area contributed by atoms with E-state index in [1.165, 1.54) is 66.4 Å². The van der Waals surface area contributed by atoms with Gasteiger partial charge in [0, 0.05) is 32.9 Å². The van der Waals surface area contributed by atoms with Gasteiger partial charge in [0.25, 0.3) is 0 Å². The van der Waals surface area contributed by atoms with Crippen LogP contribution in [0.25, 0.3) is 66.0 Å². The summed E-state index contributed by atoms with van der Waals surface area (Å²) in [5.74, 6) is 0. The largest absolute Gasteiger partial charge is 0.456 e. The summed E-state index contributed by atoms with van der Waals surface area (Å²) in [5, 5.41) is 4.65. The fourth-order valence-corrected chi connectivity index (χ4v) is 11.2. The highest BCUT2D eigenvalue weighted by Crippen LogP contribution is 2.57. The highest BCUT2D eigenvalue weighted by Gasteiger charge is 2.47. The summed E-state index contributed by atoms with van der Waals surface area (Å²) in [6, 6.07) is 76.1. The number of aromatic nitrogens is 1. The molecule has 11 aromatic rings. The fourth-order valence-electron chi connectivity index (χ4n) is 11.2. The van der Waals surface area contributed by atoms with Gasteiger partial charge in [-0.1, -0.05) is 172 Å². The number of furan rings is 1. The lowest BCUT2D eigenvalue weighted by Crippen LogP contribution is -2.35. The zero-order valence-electron chi connectivity index (χ0n) is 33.9. The summed E-state index contributed by atoms with van der Waals surface area (Å²) in [5.41, 5.74) is 18.2. The smallest absolute Gasteiger partial charge is 0.137 e. The molecule has 0 radical (unpaired) electrons. The molecule has 0 saturated carbocycles. The van der Waals surface area contributed by atoms with Crippen molar-refractivity contribution in [2.75, 3.05) is 4.90 Å². The lowest BCUT2D eigenvalue weighted by Gasteiger charge is -2.36. The van der Waals surface area contributed by atoms with Crippen molar-refractivity contribution in [3.63, 3.8) is 0 Å². The van der Waals surface area contributed by atoms with E-state index in [-0.39, 0.29) is 5.41 Å². The molecule has 0 unspecified atom stereocenters. The van der Waals surface area contributed by atoms with Gasteiger partial charge in [0.05, 0.1) is 22.1 Å². The van der Waals surface area contributed by atoms with Crippen molar-refractivity contribution in [1.29, 1.82) is 0 Å². The molecule has 13 rings (SSSR count). The van der Waals surface area contributed by atoms with Crippen LogP contribution in [-0.4, -0.2) is 4.57 Å². The average Bonchev–Trinajstić information content (AvgIpc) is 4.01. The lowest BCUT2D eigenvalue weighted by molar-refractivity contribution is 0.564. The molecular weight excluding hydrogens is 741 g/mol. The monoisotopic (exact) mass is 780 g/mol. The maximum atomic E-state index is 6.56. The second-order valence-electron chi connectivity index (χ2n) is 17.2. The van der Waals surface area contributed by atoms with Crippen molar-refractivity contribution in [1.82, 2.24) is 4.57 Å². The topological polar surface area (TPSA) is 21.3 Å². The van der Waals surface area contributed by atoms with E-state index in [2.05, 4.69) is 230 Å². The van der Waals surface area contributed by atoms with Crippen molar-refractivity contribution >= 4 is 60.8 Å². The summed E-state index contributed by atoms with van der Waals surface area (Å²) in [7, 11) is 0. The molecule has 3 nitrogen and oxygen atoms in total. The molecule has 288 valence electrons. The number of anilines is 3. The van der Waals surface area contributed by atoms with Crippen LogP contribution in [0.4, 0.5) is 17.1 Å². The number of para-hydroxylation sites is 2. The Labute approximate surface area is 354 Å². The molecule has 2 aliphatic carbocycles. The maximum absolute atomic E-state index is 6.56. The van der Waals surface area contributed by atoms with Crippen molar-refractivity contribution in [3.05, 3.63) is 234 Å². The Bertz CT molecular complexity index is 3540. The minimum Gasteiger partial charge on any atom is -0.456 e. The molecule has 3 heteroatoms. The minimum absolute atomic E-state index is 0.163. The van der Waals surface area contributed by atoms with Crippen LogP contribution in [0.3, 0.4) is 0 Å². The van der Waals surface area contributed by atoms with E-state index >= 15 is 0 Å². The van der Waals surface area contributed by atoms with Crippen LogP contribution in [0.15, 0.2) is 211 Å². The Morgan fingerprint density at radius 3 is 1.74 bits per heavy atom. The van der Waals surface area contributed by atoms with Crippen LogP contribution in [0.2, 0.25) is 0 Å². The third kappa shape index (κ3) is 4.53. The molecule has 0 aliphatic heterocycles. The first kappa shape index (κ1) is 34.3. The molecule has 2 aromatic heterocycles. The Morgan fingerprint density at radius 1 is 0.410 bits per heavy atom. The van der Waals surface area contributed by atoms with Gasteiger partial charge in [0.1, 0.15) is 16.7 Å². The summed E-state index contributed by atoms with van der Waals surface area (Å²) in [4.78, 5) is 2.47. The van der Waals surface area contributed by atoms with Crippen molar-refractivity contribution < 1.29 is 4.42 Å². The van der Waals surface area contributed by atoms with Crippen molar-refractivity contribution in [3.8, 4) is 22.3 Å². The van der Waals surface area contributed by atoms with Crippen molar-refractivity contribution in [2.45, 2.75) is 24.8 Å². The highest BCUT2D eigenvalue weighted by molar-refractivity contribution is 6.15. The van der Waals surface area contributed by atoms with E-state index in [0.29, 0.717) is 0 Å². The molecule has 9 aromatic carbocycles. The molecule has 0 fully saturated rings. The van der Waals surface area contributed by atoms with Gasteiger partial charge in [0.15, 0.2) is 0 Å². The zero-order chi connectivity index (χ0) is 40.5. The van der Waals surface area contributed by atoms with Crippen LogP contribution in [0.5, 0.6) is 0 Å². The normalized spacial score (nSPS) is 14.3. The minimum atomic E-state index is -0.649. The maximum Gasteiger partial charge on any atom is 0.137 e. The zero-order valence-corrected chi connectivity index (χ0v) is 33.9. The van der Waals surface area contributed by atoms with Gasteiger partial charge in [-0.3, -0.25) is 0 Å². The van der Waals surface area contributed by atoms with Crippen LogP contribution < -0.4 is 4.90 Å². The van der Waals surface area contributed by atoms with E-state index in [1.54, 1.807) is 0 Å². The summed E-state index contributed by atoms with van der Waals surface area (Å²) in [6.07, 6.45) is 0. The molecule has 0 bridgehead atoms. The predicted octanol–water partition coefficient (Wildman–Crippen LogP) is 15.3. The number of nitrogens with zero attached hydrogens (tertiary/aromatic N) is 2. The van der Waals surface area contributed by atoms with Gasteiger partial charge in [-0.25, -0.2) is 0 Å². The van der Waals surface area contributed by atoms with E-state index < -0.39 is 5.54 Å². The highest BCUT2D eigenvalue weighted by atomic mass is 16.3. The molecule has 0 N–H and O–H groups in total. The predicted molar refractivity (Wildman–Crippen MR) is 253 cm³/mol. The average molecular weight is 781 g/mol. The molecule has 0 amide bonds. The third-order valence-corrected chi connectivity index (χ3v) is 13.8. The first-order valence-electron chi connectivity index (χ1n) is 21.3. The lowest BCUT2D eigenvalue weighted by atomic mass is 9.80. The van der Waals surface area contributed by atoms with E-state index in [4.69, 9.17) is 4.42 Å². The van der Waals surface area contributed by atoms with Gasteiger partial charge in [-0.15, -0.1) is 0 Å². The number of hydrogen-bond donors (Lipinski definition) is 0. The Kier molecular flexibility index (Phi) is 6.99. The van der Waals surface area contributed by atoms with Crippen LogP contribution in [-0.2, 0) is 11.0 Å². The standard InChI is InChI=1S/C58H40N2O/c1-57(2)47-24-11-6-19-40(47)43-33-31-38(35-50(43)57)59(52-28-16-30-55-56(52)46-23-10-15-29-54(46)61-55)39-32-34-45-44-22-9-14-27-51(44)60(53(45)36-39)58(37-17-4-3-5-18-37)48-25-12-7-20-41(48)42-21-8-13-26-49(42)58/h3-36H,1-2H3. The second kappa shape index (κ2) is 12.5. The van der Waals surface area contributed by atoms with Crippen LogP contribution in [0.1, 0.15) is 41.7 Å². The number of fused-ring (bicyclic) bond motifs is 12. The molecule has 2 aliphatic rings. The second-order valence-corrected chi connectivity index (χ2v) is 17.2. The molecule has 0 atom stereocenters. The van der Waals surface area contributed by atoms with Crippen LogP contribution in [0, 0.1) is 0 Å².